The topological polar surface area (TPSA) is 76.1 Å². The Kier molecular flexibility index (Phi) is 6.90. The van der Waals surface area contributed by atoms with Crippen LogP contribution in [-0.2, 0) is 20.9 Å². The van der Waals surface area contributed by atoms with Crippen LogP contribution < -0.4 is 0 Å². The van der Waals surface area contributed by atoms with Crippen molar-refractivity contribution in [2.75, 3.05) is 26.9 Å². The first kappa shape index (κ1) is 19.3. The van der Waals surface area contributed by atoms with Crippen LogP contribution >= 0.6 is 0 Å². The van der Waals surface area contributed by atoms with Crippen LogP contribution in [0.4, 0.5) is 4.39 Å². The van der Waals surface area contributed by atoms with E-state index in [0.717, 1.165) is 6.42 Å². The number of aliphatic carboxylic acids is 1. The zero-order chi connectivity index (χ0) is 18.4. The van der Waals surface area contributed by atoms with Gasteiger partial charge in [-0.25, -0.2) is 9.18 Å². The number of amides is 1. The monoisotopic (exact) mass is 353 g/mol. The quantitative estimate of drug-likeness (QED) is 0.762. The maximum atomic E-state index is 13.9. The molecule has 0 spiro atoms. The van der Waals surface area contributed by atoms with Crippen molar-refractivity contribution in [3.8, 4) is 0 Å². The number of ether oxygens (including phenoxy) is 2. The predicted octanol–water partition coefficient (Wildman–Crippen LogP) is 2.31. The lowest BCUT2D eigenvalue weighted by molar-refractivity contribution is -0.144. The minimum Gasteiger partial charge on any atom is -0.480 e. The highest BCUT2D eigenvalue weighted by Crippen LogP contribution is 2.25. The molecule has 25 heavy (non-hydrogen) atoms. The van der Waals surface area contributed by atoms with Gasteiger partial charge in [-0.05, 0) is 37.0 Å². The molecule has 0 bridgehead atoms. The Balaban J connectivity index is 2.13. The van der Waals surface area contributed by atoms with E-state index >= 15 is 0 Å². The molecule has 0 saturated carbocycles. The van der Waals surface area contributed by atoms with E-state index in [1.807, 2.05) is 6.92 Å². The van der Waals surface area contributed by atoms with Crippen molar-refractivity contribution in [1.29, 1.82) is 0 Å². The average Bonchev–Trinajstić information content (AvgIpc) is 2.59. The summed E-state index contributed by atoms with van der Waals surface area (Å²) in [4.78, 5) is 25.6. The van der Waals surface area contributed by atoms with E-state index in [4.69, 9.17) is 9.47 Å². The lowest BCUT2D eigenvalue weighted by Gasteiger charge is -2.36. The maximum Gasteiger partial charge on any atom is 0.326 e. The highest BCUT2D eigenvalue weighted by Gasteiger charge is 2.35. The Morgan fingerprint density at radius 1 is 1.36 bits per heavy atom. The van der Waals surface area contributed by atoms with Gasteiger partial charge in [-0.15, -0.1) is 0 Å². The molecule has 2 atom stereocenters. The summed E-state index contributed by atoms with van der Waals surface area (Å²) in [6, 6.07) is 3.18. The van der Waals surface area contributed by atoms with Crippen LogP contribution in [0.2, 0.25) is 0 Å². The first-order valence-electron chi connectivity index (χ1n) is 8.33. The minimum atomic E-state index is -1.01. The Labute approximate surface area is 146 Å². The maximum absolute atomic E-state index is 13.9. The van der Waals surface area contributed by atoms with Crippen molar-refractivity contribution in [2.45, 2.75) is 32.4 Å². The molecule has 1 N–H and O–H groups in total. The van der Waals surface area contributed by atoms with Crippen LogP contribution in [0.5, 0.6) is 0 Å². The second-order valence-electron chi connectivity index (χ2n) is 6.33. The number of likely N-dealkylation sites (tertiary alicyclic amines) is 1. The SMILES string of the molecule is COCCOCc1cc(C(=O)N2CCC(C)CC2C(=O)O)ccc1F. The van der Waals surface area contributed by atoms with Gasteiger partial charge < -0.3 is 19.5 Å². The average molecular weight is 353 g/mol. The predicted molar refractivity (Wildman–Crippen MR) is 88.8 cm³/mol. The van der Waals surface area contributed by atoms with Crippen molar-refractivity contribution < 1.29 is 28.6 Å². The summed E-state index contributed by atoms with van der Waals surface area (Å²) in [6.45, 7) is 3.10. The molecule has 0 aliphatic carbocycles. The molecular weight excluding hydrogens is 329 g/mol. The van der Waals surface area contributed by atoms with Crippen molar-refractivity contribution >= 4 is 11.9 Å². The minimum absolute atomic E-state index is 0.0235. The molecule has 1 saturated heterocycles. The van der Waals surface area contributed by atoms with Gasteiger partial charge in [0.1, 0.15) is 11.9 Å². The summed E-state index contributed by atoms with van der Waals surface area (Å²) < 4.78 is 24.1. The molecule has 1 aliphatic heterocycles. The first-order chi connectivity index (χ1) is 11.9. The van der Waals surface area contributed by atoms with Crippen molar-refractivity contribution in [1.82, 2.24) is 4.90 Å². The molecule has 1 fully saturated rings. The molecular formula is C18H24FNO5. The first-order valence-corrected chi connectivity index (χ1v) is 8.33. The van der Waals surface area contributed by atoms with Crippen LogP contribution in [0, 0.1) is 11.7 Å². The largest absolute Gasteiger partial charge is 0.480 e. The molecule has 1 heterocycles. The number of nitrogens with zero attached hydrogens (tertiary/aromatic N) is 1. The molecule has 0 radical (unpaired) electrons. The molecule has 0 aromatic heterocycles. The second-order valence-corrected chi connectivity index (χ2v) is 6.33. The Morgan fingerprint density at radius 2 is 2.12 bits per heavy atom. The van der Waals surface area contributed by atoms with Gasteiger partial charge in [0.25, 0.3) is 5.91 Å². The molecule has 1 aromatic rings. The molecule has 1 aromatic carbocycles. The van der Waals surface area contributed by atoms with Crippen LogP contribution in [0.15, 0.2) is 18.2 Å². The summed E-state index contributed by atoms with van der Waals surface area (Å²) in [6.07, 6.45) is 1.18. The normalized spacial score (nSPS) is 20.5. The molecule has 2 rings (SSSR count). The number of benzene rings is 1. The van der Waals surface area contributed by atoms with Gasteiger partial charge in [-0.1, -0.05) is 6.92 Å². The number of rotatable bonds is 7. The van der Waals surface area contributed by atoms with E-state index in [1.54, 1.807) is 7.11 Å². The fraction of sp³-hybridized carbons (Fsp3) is 0.556. The van der Waals surface area contributed by atoms with Gasteiger partial charge in [0.15, 0.2) is 0 Å². The van der Waals surface area contributed by atoms with Gasteiger partial charge in [0.2, 0.25) is 0 Å². The van der Waals surface area contributed by atoms with Crippen LogP contribution in [-0.4, -0.2) is 54.8 Å². The van der Waals surface area contributed by atoms with E-state index in [1.165, 1.54) is 23.1 Å². The number of carbonyl (C=O) groups excluding carboxylic acids is 1. The number of hydrogen-bond donors (Lipinski definition) is 1. The van der Waals surface area contributed by atoms with Gasteiger partial charge >= 0.3 is 5.97 Å². The number of halogens is 1. The van der Waals surface area contributed by atoms with Crippen molar-refractivity contribution in [3.63, 3.8) is 0 Å². The molecule has 6 nitrogen and oxygen atoms in total. The Bertz CT molecular complexity index is 621. The fourth-order valence-electron chi connectivity index (χ4n) is 2.93. The van der Waals surface area contributed by atoms with Crippen LogP contribution in [0.1, 0.15) is 35.7 Å². The summed E-state index contributed by atoms with van der Waals surface area (Å²) in [5.74, 6) is -1.61. The smallest absolute Gasteiger partial charge is 0.326 e. The third kappa shape index (κ3) is 4.99. The Morgan fingerprint density at radius 3 is 2.80 bits per heavy atom. The number of hydrogen-bond acceptors (Lipinski definition) is 4. The van der Waals surface area contributed by atoms with E-state index in [-0.39, 0.29) is 23.7 Å². The van der Waals surface area contributed by atoms with E-state index < -0.39 is 23.7 Å². The lowest BCUT2D eigenvalue weighted by Crippen LogP contribution is -2.49. The van der Waals surface area contributed by atoms with Gasteiger partial charge in [0.05, 0.1) is 19.8 Å². The highest BCUT2D eigenvalue weighted by molar-refractivity contribution is 5.96. The van der Waals surface area contributed by atoms with Crippen molar-refractivity contribution in [2.24, 2.45) is 5.92 Å². The summed E-state index contributed by atoms with van der Waals surface area (Å²) >= 11 is 0. The Hall–Kier alpha value is -1.99. The molecule has 7 heteroatoms. The molecule has 1 amide bonds. The lowest BCUT2D eigenvalue weighted by atomic mass is 9.91. The van der Waals surface area contributed by atoms with E-state index in [9.17, 15) is 19.1 Å². The highest BCUT2D eigenvalue weighted by atomic mass is 19.1. The second kappa shape index (κ2) is 8.92. The third-order valence-corrected chi connectivity index (χ3v) is 4.39. The van der Waals surface area contributed by atoms with Gasteiger partial charge in [0, 0.05) is 24.8 Å². The summed E-state index contributed by atoms with van der Waals surface area (Å²) in [5.41, 5.74) is 0.534. The fourth-order valence-corrected chi connectivity index (χ4v) is 2.93. The van der Waals surface area contributed by atoms with Gasteiger partial charge in [-0.2, -0.15) is 0 Å². The third-order valence-electron chi connectivity index (χ3n) is 4.39. The zero-order valence-electron chi connectivity index (χ0n) is 14.5. The number of methoxy groups -OCH3 is 1. The molecule has 2 unspecified atom stereocenters. The van der Waals surface area contributed by atoms with E-state index in [0.29, 0.717) is 26.2 Å². The summed E-state index contributed by atoms with van der Waals surface area (Å²) in [7, 11) is 1.54. The number of carbonyl (C=O) groups is 2. The number of carboxylic acids is 1. The van der Waals surface area contributed by atoms with E-state index in [2.05, 4.69) is 0 Å². The standard InChI is InChI=1S/C18H24FNO5/c1-12-5-6-20(16(9-12)18(22)23)17(21)13-3-4-15(19)14(10-13)11-25-8-7-24-2/h3-4,10,12,16H,5-9,11H2,1-2H3,(H,22,23). The van der Waals surface area contributed by atoms with Crippen LogP contribution in [0.3, 0.4) is 0 Å². The molecule has 1 aliphatic rings. The number of piperidine rings is 1. The van der Waals surface area contributed by atoms with Crippen molar-refractivity contribution in [3.05, 3.63) is 35.1 Å². The summed E-state index contributed by atoms with van der Waals surface area (Å²) in [5, 5.41) is 9.40. The number of carboxylic acid groups (broad SMARTS) is 1. The molecule has 138 valence electrons. The van der Waals surface area contributed by atoms with Gasteiger partial charge in [-0.3, -0.25) is 4.79 Å². The zero-order valence-corrected chi connectivity index (χ0v) is 14.5. The van der Waals surface area contributed by atoms with Crippen LogP contribution in [0.25, 0.3) is 0 Å².